The number of halogens is 2. The van der Waals surface area contributed by atoms with Crippen molar-refractivity contribution in [1.29, 1.82) is 0 Å². The Morgan fingerprint density at radius 2 is 1.88 bits per heavy atom. The van der Waals surface area contributed by atoms with Crippen LogP contribution in [0.3, 0.4) is 0 Å². The number of anilines is 3. The molecule has 41 heavy (non-hydrogen) atoms. The number of sulfonamides is 1. The lowest BCUT2D eigenvalue weighted by atomic mass is 9.98. The molecule has 1 saturated heterocycles. The van der Waals surface area contributed by atoms with Gasteiger partial charge in [0, 0.05) is 30.6 Å². The van der Waals surface area contributed by atoms with Crippen LogP contribution in [-0.2, 0) is 16.4 Å². The molecule has 214 valence electrons. The van der Waals surface area contributed by atoms with E-state index in [1.165, 1.54) is 12.1 Å². The summed E-state index contributed by atoms with van der Waals surface area (Å²) in [6.45, 7) is 1.93. The third kappa shape index (κ3) is 6.07. The maximum absolute atomic E-state index is 15.5. The molecule has 2 atom stereocenters. The van der Waals surface area contributed by atoms with E-state index in [9.17, 15) is 22.7 Å². The molecular formula is C29H29F2N5O4S. The van der Waals surface area contributed by atoms with E-state index >= 15 is 4.39 Å². The zero-order chi connectivity index (χ0) is 29.3. The van der Waals surface area contributed by atoms with Gasteiger partial charge in [0.05, 0.1) is 29.7 Å². The van der Waals surface area contributed by atoms with E-state index in [1.54, 1.807) is 42.6 Å². The number of piperidine rings is 1. The third-order valence-corrected chi connectivity index (χ3v) is 8.04. The monoisotopic (exact) mass is 581 g/mol. The first-order valence-corrected chi connectivity index (χ1v) is 14.9. The number of nitrogens with zero attached hydrogens (tertiary/aromatic N) is 4. The fourth-order valence-corrected chi connectivity index (χ4v) is 6.14. The summed E-state index contributed by atoms with van der Waals surface area (Å²) in [7, 11) is -3.82. The summed E-state index contributed by atoms with van der Waals surface area (Å²) in [5.41, 5.74) is 3.04. The van der Waals surface area contributed by atoms with Crippen LogP contribution in [-0.4, -0.2) is 66.0 Å². The van der Waals surface area contributed by atoms with Crippen LogP contribution < -0.4 is 9.62 Å². The molecule has 0 radical (unpaired) electrons. The van der Waals surface area contributed by atoms with Crippen LogP contribution in [0.5, 0.6) is 0 Å². The Hall–Kier alpha value is -4.32. The van der Waals surface area contributed by atoms with Gasteiger partial charge in [0.1, 0.15) is 12.0 Å². The normalized spacial score (nSPS) is 17.4. The van der Waals surface area contributed by atoms with Crippen LogP contribution in [0.4, 0.5) is 30.9 Å². The molecule has 1 fully saturated rings. The van der Waals surface area contributed by atoms with Gasteiger partial charge in [-0.15, -0.1) is 0 Å². The maximum atomic E-state index is 15.5. The lowest BCUT2D eigenvalue weighted by Gasteiger charge is -2.33. The number of fused-ring (bicyclic) bond motifs is 1. The highest BCUT2D eigenvalue weighted by molar-refractivity contribution is 7.92. The van der Waals surface area contributed by atoms with E-state index in [1.807, 2.05) is 19.1 Å². The molecule has 0 bridgehead atoms. The Bertz CT molecular complexity index is 1700. The second-order valence-electron chi connectivity index (χ2n) is 10.0. The lowest BCUT2D eigenvalue weighted by molar-refractivity contribution is 0.102. The minimum absolute atomic E-state index is 0.0855. The van der Waals surface area contributed by atoms with Gasteiger partial charge in [-0.25, -0.2) is 36.3 Å². The summed E-state index contributed by atoms with van der Waals surface area (Å²) in [6.07, 6.45) is 0.944. The topological polar surface area (TPSA) is 116 Å². The Morgan fingerprint density at radius 1 is 1.12 bits per heavy atom. The number of nitrogens with one attached hydrogen (secondary N) is 1. The molecule has 9 nitrogen and oxygen atoms in total. The summed E-state index contributed by atoms with van der Waals surface area (Å²) in [5.74, 6) is -0.429. The molecule has 4 aromatic rings. The molecule has 12 heteroatoms. The molecule has 2 heterocycles. The summed E-state index contributed by atoms with van der Waals surface area (Å²) >= 11 is 0. The van der Waals surface area contributed by atoms with Crippen molar-refractivity contribution in [3.05, 3.63) is 78.2 Å². The van der Waals surface area contributed by atoms with Gasteiger partial charge in [0.25, 0.3) is 0 Å². The van der Waals surface area contributed by atoms with Gasteiger partial charge in [-0.1, -0.05) is 31.2 Å². The molecule has 0 spiro atoms. The van der Waals surface area contributed by atoms with Crippen molar-refractivity contribution in [3.8, 4) is 11.1 Å². The second-order valence-corrected chi connectivity index (χ2v) is 11.8. The quantitative estimate of drug-likeness (QED) is 0.292. The number of alkyl halides is 1. The lowest BCUT2D eigenvalue weighted by Crippen LogP contribution is -2.49. The number of likely N-dealkylation sites (tertiary alicyclic amines) is 1. The number of carboxylic acid groups (broad SMARTS) is 1. The number of para-hydroxylation sites is 1. The predicted molar refractivity (Wildman–Crippen MR) is 154 cm³/mol. The number of aryl methyl sites for hydroxylation is 1. The summed E-state index contributed by atoms with van der Waals surface area (Å²) < 4.78 is 55.7. The predicted octanol–water partition coefficient (Wildman–Crippen LogP) is 5.60. The zero-order valence-corrected chi connectivity index (χ0v) is 23.3. The number of rotatable bonds is 7. The van der Waals surface area contributed by atoms with Crippen molar-refractivity contribution in [2.45, 2.75) is 32.0 Å². The number of amides is 1. The van der Waals surface area contributed by atoms with E-state index < -0.39 is 34.1 Å². The van der Waals surface area contributed by atoms with Gasteiger partial charge >= 0.3 is 6.09 Å². The van der Waals surface area contributed by atoms with Gasteiger partial charge in [-0.05, 0) is 59.5 Å². The standard InChI is InChI=1S/C29H29F2N5O4S/c1-3-18-11-20(19-9-10-26(25(31)13-19)36(41(2,39)40)24-7-5-4-6-8-24)12-21-15-32-28(34-27(18)21)33-23-14-22(30)16-35(17-23)29(37)38/h4-13,15,22-23H,3,14,16-17H2,1-2H3,(H,37,38)(H,32,33,34). The van der Waals surface area contributed by atoms with Crippen molar-refractivity contribution < 1.29 is 27.1 Å². The Labute approximate surface area is 236 Å². The highest BCUT2D eigenvalue weighted by Crippen LogP contribution is 2.35. The van der Waals surface area contributed by atoms with Crippen LogP contribution in [0, 0.1) is 5.82 Å². The fraction of sp³-hybridized carbons (Fsp3) is 0.276. The van der Waals surface area contributed by atoms with E-state index in [0.717, 1.165) is 21.0 Å². The molecule has 5 rings (SSSR count). The minimum atomic E-state index is -3.82. The Kier molecular flexibility index (Phi) is 7.76. The van der Waals surface area contributed by atoms with Gasteiger partial charge in [-0.2, -0.15) is 0 Å². The molecule has 2 unspecified atom stereocenters. The molecule has 1 aromatic heterocycles. The molecule has 2 N–H and O–H groups in total. The largest absolute Gasteiger partial charge is 0.465 e. The van der Waals surface area contributed by atoms with Gasteiger partial charge in [0.2, 0.25) is 16.0 Å². The first-order valence-electron chi connectivity index (χ1n) is 13.1. The van der Waals surface area contributed by atoms with Gasteiger partial charge < -0.3 is 15.3 Å². The van der Waals surface area contributed by atoms with Crippen LogP contribution >= 0.6 is 0 Å². The molecular weight excluding hydrogens is 552 g/mol. The Balaban J connectivity index is 1.46. The van der Waals surface area contributed by atoms with E-state index in [2.05, 4.69) is 15.3 Å². The van der Waals surface area contributed by atoms with Crippen molar-refractivity contribution in [1.82, 2.24) is 14.9 Å². The SMILES string of the molecule is CCc1cc(-c2ccc(N(c3ccccc3)S(C)(=O)=O)c(F)c2)cc2cnc(NC3CC(F)CN(C(=O)O)C3)nc12. The first kappa shape index (κ1) is 28.2. The van der Waals surface area contributed by atoms with Gasteiger partial charge in [0.15, 0.2) is 0 Å². The number of hydrogen-bond acceptors (Lipinski definition) is 6. The van der Waals surface area contributed by atoms with Crippen molar-refractivity contribution >= 4 is 44.3 Å². The molecule has 0 saturated carbocycles. The number of aromatic nitrogens is 2. The summed E-state index contributed by atoms with van der Waals surface area (Å²) in [4.78, 5) is 21.4. The zero-order valence-electron chi connectivity index (χ0n) is 22.5. The summed E-state index contributed by atoms with van der Waals surface area (Å²) in [5, 5.41) is 13.0. The van der Waals surface area contributed by atoms with Crippen LogP contribution in [0.2, 0.25) is 0 Å². The highest BCUT2D eigenvalue weighted by Gasteiger charge is 2.30. The van der Waals surface area contributed by atoms with Gasteiger partial charge in [-0.3, -0.25) is 0 Å². The first-order chi connectivity index (χ1) is 19.5. The molecule has 1 aliphatic heterocycles. The average molecular weight is 582 g/mol. The average Bonchev–Trinajstić information content (AvgIpc) is 2.93. The van der Waals surface area contributed by atoms with E-state index in [-0.39, 0.29) is 31.1 Å². The molecule has 1 aliphatic rings. The van der Waals surface area contributed by atoms with E-state index in [0.29, 0.717) is 34.1 Å². The summed E-state index contributed by atoms with van der Waals surface area (Å²) in [6, 6.07) is 16.0. The van der Waals surface area contributed by atoms with E-state index in [4.69, 9.17) is 0 Å². The molecule has 0 aliphatic carbocycles. The highest BCUT2D eigenvalue weighted by atomic mass is 32.2. The number of carbonyl (C=O) groups is 1. The molecule has 1 amide bonds. The van der Waals surface area contributed by atoms with Crippen LogP contribution in [0.25, 0.3) is 22.0 Å². The smallest absolute Gasteiger partial charge is 0.407 e. The second kappa shape index (κ2) is 11.3. The van der Waals surface area contributed by atoms with Crippen molar-refractivity contribution in [2.24, 2.45) is 0 Å². The van der Waals surface area contributed by atoms with Crippen LogP contribution in [0.1, 0.15) is 18.9 Å². The maximum Gasteiger partial charge on any atom is 0.407 e. The number of benzene rings is 3. The van der Waals surface area contributed by atoms with Crippen molar-refractivity contribution in [2.75, 3.05) is 29.0 Å². The minimum Gasteiger partial charge on any atom is -0.465 e. The molecule has 3 aromatic carbocycles. The fourth-order valence-electron chi connectivity index (χ4n) is 5.13. The van der Waals surface area contributed by atoms with Crippen molar-refractivity contribution in [3.63, 3.8) is 0 Å². The number of hydrogen-bond donors (Lipinski definition) is 2. The van der Waals surface area contributed by atoms with Crippen LogP contribution in [0.15, 0.2) is 66.9 Å². The Morgan fingerprint density at radius 3 is 2.54 bits per heavy atom. The third-order valence-electron chi connectivity index (χ3n) is 6.97.